The van der Waals surface area contributed by atoms with Crippen LogP contribution in [0.5, 0.6) is 11.5 Å². The van der Waals surface area contributed by atoms with Gasteiger partial charge in [-0.3, -0.25) is 0 Å². The first-order valence-corrected chi connectivity index (χ1v) is 12.9. The summed E-state index contributed by atoms with van der Waals surface area (Å²) in [6.45, 7) is 0. The molecule has 156 valence electrons. The minimum absolute atomic E-state index is 0.261. The van der Waals surface area contributed by atoms with E-state index in [-0.39, 0.29) is 7.92 Å². The number of hydrogen-bond acceptors (Lipinski definition) is 2. The van der Waals surface area contributed by atoms with Crippen molar-refractivity contribution in [1.82, 2.24) is 0 Å². The van der Waals surface area contributed by atoms with Gasteiger partial charge in [-0.15, -0.1) is 0 Å². The van der Waals surface area contributed by atoms with Crippen LogP contribution in [0.4, 0.5) is 0 Å². The Morgan fingerprint density at radius 2 is 1.14 bits per heavy atom. The number of rotatable bonds is 6. The standard InChI is InChI=1S/C26H35O2P/c1-27-24-18-10-9-16-22(24)23-17-11-19-25(28-2)26(23)29(20-12-5-3-6-13-20)21-14-7-4-8-15-21/h9-11,16-21H,3-8,12-15H2,1-2H3. The van der Waals surface area contributed by atoms with Crippen molar-refractivity contribution in [2.75, 3.05) is 14.2 Å². The van der Waals surface area contributed by atoms with E-state index in [0.717, 1.165) is 22.8 Å². The zero-order valence-corrected chi connectivity index (χ0v) is 18.9. The zero-order valence-electron chi connectivity index (χ0n) is 18.0. The Labute approximate surface area is 177 Å². The molecule has 4 rings (SSSR count). The van der Waals surface area contributed by atoms with Gasteiger partial charge in [0.25, 0.3) is 0 Å². The van der Waals surface area contributed by atoms with Gasteiger partial charge in [0.2, 0.25) is 0 Å². The van der Waals surface area contributed by atoms with Crippen LogP contribution in [0.25, 0.3) is 11.1 Å². The van der Waals surface area contributed by atoms with E-state index in [1.807, 2.05) is 7.11 Å². The fourth-order valence-corrected chi connectivity index (χ4v) is 9.48. The topological polar surface area (TPSA) is 18.5 Å². The number of para-hydroxylation sites is 1. The van der Waals surface area contributed by atoms with Gasteiger partial charge in [0, 0.05) is 10.9 Å². The Balaban J connectivity index is 1.86. The van der Waals surface area contributed by atoms with Crippen molar-refractivity contribution in [3.05, 3.63) is 42.5 Å². The molecule has 3 heteroatoms. The maximum atomic E-state index is 6.02. The quantitative estimate of drug-likeness (QED) is 0.471. The third-order valence-electron chi connectivity index (χ3n) is 6.81. The predicted molar refractivity (Wildman–Crippen MR) is 125 cm³/mol. The molecule has 0 amide bonds. The zero-order chi connectivity index (χ0) is 20.1. The summed E-state index contributed by atoms with van der Waals surface area (Å²) >= 11 is 0. The van der Waals surface area contributed by atoms with Crippen LogP contribution in [-0.2, 0) is 0 Å². The van der Waals surface area contributed by atoms with E-state index >= 15 is 0 Å². The van der Waals surface area contributed by atoms with Gasteiger partial charge in [-0.1, -0.05) is 76.8 Å². The first kappa shape index (κ1) is 20.7. The summed E-state index contributed by atoms with van der Waals surface area (Å²) in [5.41, 5.74) is 4.23. The molecule has 2 aromatic rings. The first-order chi connectivity index (χ1) is 14.3. The molecular formula is C26H35O2P. The van der Waals surface area contributed by atoms with Gasteiger partial charge in [-0.2, -0.15) is 0 Å². The summed E-state index contributed by atoms with van der Waals surface area (Å²) in [5.74, 6) is 2.06. The predicted octanol–water partition coefficient (Wildman–Crippen LogP) is 7.14. The van der Waals surface area contributed by atoms with Gasteiger partial charge in [0.05, 0.1) is 14.2 Å². The lowest BCUT2D eigenvalue weighted by molar-refractivity contribution is 0.415. The Morgan fingerprint density at radius 1 is 0.621 bits per heavy atom. The van der Waals surface area contributed by atoms with Gasteiger partial charge < -0.3 is 9.47 Å². The van der Waals surface area contributed by atoms with Gasteiger partial charge in [0.15, 0.2) is 0 Å². The molecule has 2 aliphatic carbocycles. The number of benzene rings is 2. The van der Waals surface area contributed by atoms with Crippen LogP contribution in [0.3, 0.4) is 0 Å². The summed E-state index contributed by atoms with van der Waals surface area (Å²) in [6.07, 6.45) is 14.0. The van der Waals surface area contributed by atoms with Crippen LogP contribution in [0.2, 0.25) is 0 Å². The molecule has 0 N–H and O–H groups in total. The number of hydrogen-bond donors (Lipinski definition) is 0. The second-order valence-corrected chi connectivity index (χ2v) is 11.3. The van der Waals surface area contributed by atoms with Crippen molar-refractivity contribution in [2.45, 2.75) is 75.5 Å². The molecule has 2 aromatic carbocycles. The van der Waals surface area contributed by atoms with E-state index in [0.29, 0.717) is 0 Å². The third-order valence-corrected chi connectivity index (χ3v) is 10.4. The number of methoxy groups -OCH3 is 2. The third kappa shape index (κ3) is 4.48. The molecule has 29 heavy (non-hydrogen) atoms. The molecule has 0 heterocycles. The van der Waals surface area contributed by atoms with Crippen LogP contribution >= 0.6 is 7.92 Å². The molecule has 2 saturated carbocycles. The fraction of sp³-hybridized carbons (Fsp3) is 0.538. The smallest absolute Gasteiger partial charge is 0.127 e. The highest BCUT2D eigenvalue weighted by Crippen LogP contribution is 2.58. The Kier molecular flexibility index (Phi) is 7.14. The number of ether oxygens (including phenoxy) is 2. The molecule has 0 aliphatic heterocycles. The van der Waals surface area contributed by atoms with E-state index in [9.17, 15) is 0 Å². The van der Waals surface area contributed by atoms with Crippen LogP contribution in [-0.4, -0.2) is 25.5 Å². The SMILES string of the molecule is COc1ccccc1-c1cccc(OC)c1P(C1CCCCC1)C1CCCCC1. The van der Waals surface area contributed by atoms with Gasteiger partial charge >= 0.3 is 0 Å². The second-order valence-electron chi connectivity index (χ2n) is 8.55. The highest BCUT2D eigenvalue weighted by Gasteiger charge is 2.35. The molecule has 0 spiro atoms. The highest BCUT2D eigenvalue weighted by molar-refractivity contribution is 7.67. The highest BCUT2D eigenvalue weighted by atomic mass is 31.1. The maximum absolute atomic E-state index is 6.02. The molecular weight excluding hydrogens is 375 g/mol. The molecule has 0 bridgehead atoms. The van der Waals surface area contributed by atoms with Crippen molar-refractivity contribution in [3.63, 3.8) is 0 Å². The average Bonchev–Trinajstić information content (AvgIpc) is 2.81. The minimum atomic E-state index is -0.261. The van der Waals surface area contributed by atoms with E-state index < -0.39 is 0 Å². The van der Waals surface area contributed by atoms with Crippen molar-refractivity contribution in [3.8, 4) is 22.6 Å². The summed E-state index contributed by atoms with van der Waals surface area (Å²) in [4.78, 5) is 0. The second kappa shape index (κ2) is 9.98. The molecule has 2 fully saturated rings. The lowest BCUT2D eigenvalue weighted by Gasteiger charge is -2.40. The van der Waals surface area contributed by atoms with E-state index in [4.69, 9.17) is 9.47 Å². The largest absolute Gasteiger partial charge is 0.496 e. The molecule has 2 aliphatic rings. The fourth-order valence-electron chi connectivity index (χ4n) is 5.42. The van der Waals surface area contributed by atoms with Crippen molar-refractivity contribution in [2.24, 2.45) is 0 Å². The van der Waals surface area contributed by atoms with Gasteiger partial charge in [-0.25, -0.2) is 0 Å². The monoisotopic (exact) mass is 410 g/mol. The molecule has 0 atom stereocenters. The van der Waals surface area contributed by atoms with Gasteiger partial charge in [0.1, 0.15) is 11.5 Å². The normalized spacial score (nSPS) is 18.7. The summed E-state index contributed by atoms with van der Waals surface area (Å²) in [7, 11) is 3.37. The summed E-state index contributed by atoms with van der Waals surface area (Å²) in [5, 5.41) is 1.51. The van der Waals surface area contributed by atoms with Crippen LogP contribution < -0.4 is 14.8 Å². The lowest BCUT2D eigenvalue weighted by Crippen LogP contribution is -2.28. The summed E-state index contributed by atoms with van der Waals surface area (Å²) < 4.78 is 11.8. The van der Waals surface area contributed by atoms with Gasteiger partial charge in [-0.05, 0) is 54.7 Å². The lowest BCUT2D eigenvalue weighted by atomic mass is 9.99. The first-order valence-electron chi connectivity index (χ1n) is 11.4. The molecule has 0 saturated heterocycles. The Morgan fingerprint density at radius 3 is 1.72 bits per heavy atom. The van der Waals surface area contributed by atoms with Crippen LogP contribution in [0.1, 0.15) is 64.2 Å². The molecule has 0 unspecified atom stereocenters. The Bertz CT molecular complexity index is 773. The Hall–Kier alpha value is -1.53. The molecule has 0 aromatic heterocycles. The van der Waals surface area contributed by atoms with E-state index in [1.165, 1.54) is 80.6 Å². The van der Waals surface area contributed by atoms with Crippen LogP contribution in [0, 0.1) is 0 Å². The van der Waals surface area contributed by atoms with Crippen LogP contribution in [0.15, 0.2) is 42.5 Å². The van der Waals surface area contributed by atoms with Crippen molar-refractivity contribution >= 4 is 13.2 Å². The molecule has 0 radical (unpaired) electrons. The average molecular weight is 411 g/mol. The van der Waals surface area contributed by atoms with Crippen molar-refractivity contribution < 1.29 is 9.47 Å². The summed E-state index contributed by atoms with van der Waals surface area (Å²) in [6, 6.07) is 15.1. The van der Waals surface area contributed by atoms with E-state index in [2.05, 4.69) is 42.5 Å². The van der Waals surface area contributed by atoms with E-state index in [1.54, 1.807) is 7.11 Å². The molecule has 2 nitrogen and oxygen atoms in total. The minimum Gasteiger partial charge on any atom is -0.496 e. The maximum Gasteiger partial charge on any atom is 0.127 e. The van der Waals surface area contributed by atoms with Crippen molar-refractivity contribution in [1.29, 1.82) is 0 Å².